The lowest BCUT2D eigenvalue weighted by molar-refractivity contribution is -0.192. The van der Waals surface area contributed by atoms with E-state index in [1.165, 1.54) is 24.3 Å². The number of alkyl halides is 3. The number of benzene rings is 2. The van der Waals surface area contributed by atoms with Crippen LogP contribution in [0.5, 0.6) is 0 Å². The lowest BCUT2D eigenvalue weighted by Gasteiger charge is -2.26. The van der Waals surface area contributed by atoms with Crippen molar-refractivity contribution in [3.05, 3.63) is 83.9 Å². The van der Waals surface area contributed by atoms with Crippen molar-refractivity contribution in [1.29, 1.82) is 0 Å². The third-order valence-electron chi connectivity index (χ3n) is 10.9. The second kappa shape index (κ2) is 20.8. The smallest absolute Gasteiger partial charge is 0.475 e. The zero-order chi connectivity index (χ0) is 53.1. The van der Waals surface area contributed by atoms with Gasteiger partial charge in [-0.05, 0) is 111 Å². The molecule has 0 radical (unpaired) electrons. The fraction of sp³-hybridized carbons (Fsp3) is 0.375. The van der Waals surface area contributed by atoms with Gasteiger partial charge >= 0.3 is 18.1 Å². The maximum Gasteiger partial charge on any atom is 0.490 e. The van der Waals surface area contributed by atoms with E-state index in [0.717, 1.165) is 10.8 Å². The van der Waals surface area contributed by atoms with Gasteiger partial charge in [0.05, 0.1) is 34.6 Å². The monoisotopic (exact) mass is 1000 g/mol. The van der Waals surface area contributed by atoms with Crippen LogP contribution in [-0.4, -0.2) is 108 Å². The van der Waals surface area contributed by atoms with Gasteiger partial charge in [-0.1, -0.05) is 0 Å². The molecule has 7 N–H and O–H groups in total. The molecule has 8 rings (SSSR count). The van der Waals surface area contributed by atoms with E-state index in [-0.39, 0.29) is 35.8 Å². The number of amides is 2. The van der Waals surface area contributed by atoms with Crippen molar-refractivity contribution >= 4 is 67.9 Å². The Balaban J connectivity index is 0.000000211. The molecule has 0 aliphatic heterocycles. The highest BCUT2D eigenvalue weighted by Gasteiger charge is 2.38. The van der Waals surface area contributed by atoms with E-state index in [1.54, 1.807) is 60.4 Å². The Bertz CT molecular complexity index is 3310. The van der Waals surface area contributed by atoms with Gasteiger partial charge in [0.15, 0.2) is 11.3 Å². The number of carboxylic acid groups (broad SMARTS) is 1. The number of H-pyrrole nitrogens is 2. The number of aromatic nitrogens is 10. The minimum atomic E-state index is -5.08. The summed E-state index contributed by atoms with van der Waals surface area (Å²) in [5.74, 6) is -4.26. The fourth-order valence-electron chi connectivity index (χ4n) is 7.50. The normalized spacial score (nSPS) is 12.1. The van der Waals surface area contributed by atoms with Crippen molar-refractivity contribution in [1.82, 2.24) is 60.1 Å². The molecule has 0 fully saturated rings. The molecule has 0 saturated heterocycles. The molecule has 2 amide bonds. The number of carboxylic acids is 1. The number of carbonyl (C=O) groups excluding carboxylic acids is 3. The standard InChI is InChI=1S/C26H31FN6O3.C20H22FN7O.C2HF3O2/c1-25(2,3)36-20(34)8-7-11-26(4,5)31-24(35)17-13-28-23-22(17)30-18(14-29-23)21-16-10-9-15(27)12-19(16)33(6)32-21;1-20(2,6-7-22)26-19(29)13-9-23-18-17(13)25-14(10-24-18)16-12-5-4-11(21)8-15(12)28(3)27-16;3-2(4,5)1(6)7/h9-10,12-14H,7-8,11H2,1-6H3,(H,28,29)(H,31,35);4-5,8-10H,6-7,22H2,1-3H3,(H,23,24)(H,26,29);(H,6,7). The largest absolute Gasteiger partial charge is 0.490 e. The number of nitrogens with one attached hydrogen (secondary N) is 4. The summed E-state index contributed by atoms with van der Waals surface area (Å²) < 4.78 is 67.6. The molecule has 19 nitrogen and oxygen atoms in total. The second-order valence-corrected chi connectivity index (χ2v) is 19.0. The maximum atomic E-state index is 13.7. The van der Waals surface area contributed by atoms with Crippen LogP contribution in [0, 0.1) is 11.6 Å². The third kappa shape index (κ3) is 12.9. The number of nitrogens with two attached hydrogens (primary N) is 1. The summed E-state index contributed by atoms with van der Waals surface area (Å²) in [4.78, 5) is 71.0. The van der Waals surface area contributed by atoms with E-state index in [0.29, 0.717) is 93.1 Å². The minimum absolute atomic E-state index is 0.255. The van der Waals surface area contributed by atoms with E-state index in [9.17, 15) is 36.3 Å². The van der Waals surface area contributed by atoms with Gasteiger partial charge in [0.25, 0.3) is 11.8 Å². The average molecular weight is 1000 g/mol. The number of halogens is 5. The zero-order valence-corrected chi connectivity index (χ0v) is 40.8. The SMILES string of the molecule is Cn1nc(-c2cnc3[nH]cc(C(=O)NC(C)(C)CCCC(=O)OC(C)(C)C)c3n2)c2ccc(F)cc21.Cn1nc(-c2cnc3[nH]cc(C(=O)NC(C)(C)CCN)c3n2)c2ccc(F)cc21.O=C(O)C(F)(F)F. The van der Waals surface area contributed by atoms with E-state index >= 15 is 0 Å². The van der Waals surface area contributed by atoms with Gasteiger partial charge < -0.3 is 36.2 Å². The minimum Gasteiger partial charge on any atom is -0.475 e. The van der Waals surface area contributed by atoms with Gasteiger partial charge in [0.2, 0.25) is 0 Å². The molecule has 24 heteroatoms. The molecule has 0 aliphatic rings. The number of aryl methyl sites for hydroxylation is 2. The summed E-state index contributed by atoms with van der Waals surface area (Å²) in [6.07, 6.45) is 3.34. The fourth-order valence-corrected chi connectivity index (χ4v) is 7.50. The number of hydrogen-bond acceptors (Lipinski definition) is 12. The number of ether oxygens (including phenoxy) is 1. The first-order chi connectivity index (χ1) is 33.6. The molecule has 0 spiro atoms. The number of nitrogens with zero attached hydrogens (tertiary/aromatic N) is 8. The molecule has 0 aliphatic carbocycles. The Kier molecular flexibility index (Phi) is 15.5. The Hall–Kier alpha value is -7.89. The van der Waals surface area contributed by atoms with Gasteiger partial charge in [0.1, 0.15) is 51.0 Å². The number of carbonyl (C=O) groups is 4. The summed E-state index contributed by atoms with van der Waals surface area (Å²) in [7, 11) is 3.48. The predicted molar refractivity (Wildman–Crippen MR) is 257 cm³/mol. The first-order valence-corrected chi connectivity index (χ1v) is 22.4. The van der Waals surface area contributed by atoms with Crippen LogP contribution in [0.15, 0.2) is 61.2 Å². The summed E-state index contributed by atoms with van der Waals surface area (Å²) >= 11 is 0. The van der Waals surface area contributed by atoms with Crippen molar-refractivity contribution in [2.75, 3.05) is 6.54 Å². The number of aliphatic carboxylic acids is 1. The molecule has 0 bridgehead atoms. The molecule has 6 heterocycles. The van der Waals surface area contributed by atoms with Crippen molar-refractivity contribution in [3.8, 4) is 22.8 Å². The molecule has 0 atom stereocenters. The molecular weight excluding hydrogens is 950 g/mol. The third-order valence-corrected chi connectivity index (χ3v) is 10.9. The van der Waals surface area contributed by atoms with Crippen LogP contribution in [0.2, 0.25) is 0 Å². The summed E-state index contributed by atoms with van der Waals surface area (Å²) in [5, 5.41) is 23.6. The highest BCUT2D eigenvalue weighted by molar-refractivity contribution is 6.06. The lowest BCUT2D eigenvalue weighted by Crippen LogP contribution is -2.44. The van der Waals surface area contributed by atoms with Crippen molar-refractivity contribution in [3.63, 3.8) is 0 Å². The van der Waals surface area contributed by atoms with E-state index in [2.05, 4.69) is 50.7 Å². The summed E-state index contributed by atoms with van der Waals surface area (Å²) in [6, 6.07) is 8.92. The van der Waals surface area contributed by atoms with Crippen molar-refractivity contribution in [2.45, 2.75) is 97.0 Å². The Morgan fingerprint density at radius 3 is 1.51 bits per heavy atom. The first kappa shape index (κ1) is 53.5. The van der Waals surface area contributed by atoms with Crippen LogP contribution < -0.4 is 16.4 Å². The molecule has 72 heavy (non-hydrogen) atoms. The van der Waals surface area contributed by atoms with Gasteiger partial charge in [0, 0.05) is 54.8 Å². The Morgan fingerprint density at radius 2 is 1.12 bits per heavy atom. The number of rotatable bonds is 12. The lowest BCUT2D eigenvalue weighted by atomic mass is 9.96. The van der Waals surface area contributed by atoms with Crippen molar-refractivity contribution in [2.24, 2.45) is 19.8 Å². The van der Waals surface area contributed by atoms with E-state index < -0.39 is 28.8 Å². The molecule has 8 aromatic rings. The highest BCUT2D eigenvalue weighted by atomic mass is 19.4. The van der Waals surface area contributed by atoms with Crippen molar-refractivity contribution < 1.29 is 51.0 Å². The number of aromatic amines is 2. The van der Waals surface area contributed by atoms with Gasteiger partial charge in [-0.25, -0.2) is 33.5 Å². The number of hydrogen-bond donors (Lipinski definition) is 6. The highest BCUT2D eigenvalue weighted by Crippen LogP contribution is 2.30. The maximum absolute atomic E-state index is 13.7. The van der Waals surface area contributed by atoms with Gasteiger partial charge in [-0.3, -0.25) is 23.7 Å². The quantitative estimate of drug-likeness (QED) is 0.0504. The molecule has 0 unspecified atom stereocenters. The van der Waals surface area contributed by atoms with Crippen LogP contribution in [0.3, 0.4) is 0 Å². The van der Waals surface area contributed by atoms with Gasteiger partial charge in [-0.2, -0.15) is 23.4 Å². The topological polar surface area (TPSA) is 267 Å². The molecule has 382 valence electrons. The molecule has 2 aromatic carbocycles. The Labute approximate surface area is 408 Å². The molecule has 0 saturated carbocycles. The zero-order valence-electron chi connectivity index (χ0n) is 40.8. The van der Waals surface area contributed by atoms with E-state index in [4.69, 9.17) is 20.4 Å². The molecule has 6 aromatic heterocycles. The number of fused-ring (bicyclic) bond motifs is 4. The second-order valence-electron chi connectivity index (χ2n) is 19.0. The predicted octanol–water partition coefficient (Wildman–Crippen LogP) is 7.81. The average Bonchev–Trinajstić information content (AvgIpc) is 4.05. The Morgan fingerprint density at radius 1 is 0.708 bits per heavy atom. The first-order valence-electron chi connectivity index (χ1n) is 22.4. The number of esters is 1. The van der Waals surface area contributed by atoms with E-state index in [1.807, 2.05) is 48.5 Å². The van der Waals surface area contributed by atoms with Crippen LogP contribution in [-0.2, 0) is 28.4 Å². The summed E-state index contributed by atoms with van der Waals surface area (Å²) in [5.41, 5.74) is 10.1. The summed E-state index contributed by atoms with van der Waals surface area (Å²) in [6.45, 7) is 13.6. The van der Waals surface area contributed by atoms with Crippen LogP contribution >= 0.6 is 0 Å². The van der Waals surface area contributed by atoms with Crippen LogP contribution in [0.25, 0.3) is 66.9 Å². The molecular formula is C48H54F5N13O6. The van der Waals surface area contributed by atoms with Crippen LogP contribution in [0.4, 0.5) is 22.0 Å². The van der Waals surface area contributed by atoms with Gasteiger partial charge in [-0.15, -0.1) is 0 Å². The van der Waals surface area contributed by atoms with Crippen LogP contribution in [0.1, 0.15) is 94.9 Å².